The van der Waals surface area contributed by atoms with Crippen molar-refractivity contribution in [1.82, 2.24) is 10.6 Å². The average molecular weight is 587 g/mol. The van der Waals surface area contributed by atoms with Crippen LogP contribution in [-0.2, 0) is 15.2 Å². The van der Waals surface area contributed by atoms with Crippen LogP contribution in [0.15, 0.2) is 41.6 Å². The van der Waals surface area contributed by atoms with E-state index in [4.69, 9.17) is 4.84 Å². The van der Waals surface area contributed by atoms with Crippen LogP contribution in [0.1, 0.15) is 57.4 Å². The summed E-state index contributed by atoms with van der Waals surface area (Å²) >= 11 is 0. The lowest BCUT2D eigenvalue weighted by molar-refractivity contribution is -0.276. The van der Waals surface area contributed by atoms with Crippen LogP contribution in [0.3, 0.4) is 0 Å². The Kier molecular flexibility index (Phi) is 8.99. The van der Waals surface area contributed by atoms with E-state index in [1.807, 2.05) is 0 Å². The molecule has 0 spiro atoms. The predicted molar refractivity (Wildman–Crippen MR) is 119 cm³/mol. The normalized spacial score (nSPS) is 18.1. The summed E-state index contributed by atoms with van der Waals surface area (Å²) < 4.78 is 133. The van der Waals surface area contributed by atoms with Crippen LogP contribution in [0.5, 0.6) is 0 Å². The number of carbonyl (C=O) groups excluding carboxylic acids is 2. The van der Waals surface area contributed by atoms with Crippen LogP contribution in [0.4, 0.5) is 43.9 Å². The zero-order chi connectivity index (χ0) is 30.0. The SMILES string of the molecule is Cc1cc(C2=NO[C@](c3cc(C(F)F)cc(C(F)F)c3)(C(F)(F)F)C2)ccc1C(=O)NCC(=O)NC(F)C(F)F. The third kappa shape index (κ3) is 6.47. The first-order chi connectivity index (χ1) is 18.6. The minimum Gasteiger partial charge on any atom is -0.374 e. The van der Waals surface area contributed by atoms with Crippen LogP contribution >= 0.6 is 0 Å². The van der Waals surface area contributed by atoms with Gasteiger partial charge in [0.1, 0.15) is 0 Å². The van der Waals surface area contributed by atoms with E-state index in [9.17, 15) is 53.5 Å². The molecule has 0 radical (unpaired) electrons. The number of hydrogen-bond acceptors (Lipinski definition) is 4. The first-order valence-corrected chi connectivity index (χ1v) is 11.2. The Hall–Kier alpha value is -3.85. The van der Waals surface area contributed by atoms with Gasteiger partial charge in [-0.2, -0.15) is 13.2 Å². The second-order valence-corrected chi connectivity index (χ2v) is 8.64. The first-order valence-electron chi connectivity index (χ1n) is 11.2. The summed E-state index contributed by atoms with van der Waals surface area (Å²) in [6.07, 6.45) is -19.5. The highest BCUT2D eigenvalue weighted by molar-refractivity contribution is 6.04. The van der Waals surface area contributed by atoms with Gasteiger partial charge >= 0.3 is 6.18 Å². The van der Waals surface area contributed by atoms with Crippen molar-refractivity contribution in [2.75, 3.05) is 6.54 Å². The van der Waals surface area contributed by atoms with E-state index < -0.39 is 78.8 Å². The van der Waals surface area contributed by atoms with Crippen molar-refractivity contribution in [2.24, 2.45) is 5.16 Å². The zero-order valence-electron chi connectivity index (χ0n) is 20.1. The maximum atomic E-state index is 14.3. The number of oxime groups is 1. The number of benzene rings is 2. The van der Waals surface area contributed by atoms with E-state index in [0.29, 0.717) is 18.2 Å². The van der Waals surface area contributed by atoms with Gasteiger partial charge in [-0.1, -0.05) is 11.2 Å². The van der Waals surface area contributed by atoms with Gasteiger partial charge < -0.3 is 15.5 Å². The molecule has 1 heterocycles. The molecule has 0 saturated carbocycles. The maximum Gasteiger partial charge on any atom is 0.435 e. The van der Waals surface area contributed by atoms with E-state index in [1.54, 1.807) is 0 Å². The lowest BCUT2D eigenvalue weighted by Crippen LogP contribution is -2.43. The molecule has 0 fully saturated rings. The second kappa shape index (κ2) is 11.7. The molecular weight excluding hydrogens is 568 g/mol. The summed E-state index contributed by atoms with van der Waals surface area (Å²) in [6, 6.07) is 4.75. The summed E-state index contributed by atoms with van der Waals surface area (Å²) in [5.41, 5.74) is -6.76. The van der Waals surface area contributed by atoms with E-state index in [-0.39, 0.29) is 22.4 Å². The lowest BCUT2D eigenvalue weighted by Gasteiger charge is -2.30. The van der Waals surface area contributed by atoms with Gasteiger partial charge in [0.15, 0.2) is 0 Å². The summed E-state index contributed by atoms with van der Waals surface area (Å²) in [5.74, 6) is -2.15. The van der Waals surface area contributed by atoms with Crippen molar-refractivity contribution in [3.63, 3.8) is 0 Å². The van der Waals surface area contributed by atoms with Crippen LogP contribution in [0.2, 0.25) is 0 Å². The molecule has 1 aliphatic heterocycles. The Morgan fingerprint density at radius 3 is 2.08 bits per heavy atom. The van der Waals surface area contributed by atoms with Gasteiger partial charge in [-0.25, -0.2) is 30.7 Å². The number of alkyl halides is 10. The van der Waals surface area contributed by atoms with Gasteiger partial charge in [0.2, 0.25) is 12.2 Å². The monoisotopic (exact) mass is 587 g/mol. The van der Waals surface area contributed by atoms with Gasteiger partial charge in [-0.3, -0.25) is 9.59 Å². The highest BCUT2D eigenvalue weighted by Gasteiger charge is 2.62. The van der Waals surface area contributed by atoms with Crippen LogP contribution in [0, 0.1) is 6.92 Å². The number of amides is 2. The van der Waals surface area contributed by atoms with Gasteiger partial charge in [0.25, 0.3) is 30.8 Å². The van der Waals surface area contributed by atoms with Gasteiger partial charge in [-0.05, 0) is 48.4 Å². The van der Waals surface area contributed by atoms with E-state index >= 15 is 0 Å². The lowest BCUT2D eigenvalue weighted by atomic mass is 9.84. The predicted octanol–water partition coefficient (Wildman–Crippen LogP) is 5.86. The molecule has 2 amide bonds. The standard InChI is InChI=1S/C24H19F10N3O3/c1-10-4-11(2-3-15(10)22(39)35-9-17(38)36-21(31)20(29)30)16-8-23(40-37-16,24(32,33)34)14-6-12(18(25)26)5-13(7-14)19(27)28/h2-7,18-21H,8-9H2,1H3,(H,35,39)(H,36,38)/t21?,23-/m1/s1. The quantitative estimate of drug-likeness (QED) is 0.285. The van der Waals surface area contributed by atoms with Gasteiger partial charge in [0.05, 0.1) is 12.3 Å². The number of nitrogens with one attached hydrogen (secondary N) is 2. The fourth-order valence-corrected chi connectivity index (χ4v) is 3.84. The fourth-order valence-electron chi connectivity index (χ4n) is 3.84. The number of rotatable bonds is 9. The number of halogens is 10. The molecule has 40 heavy (non-hydrogen) atoms. The van der Waals surface area contributed by atoms with E-state index in [2.05, 4.69) is 10.5 Å². The zero-order valence-corrected chi connectivity index (χ0v) is 20.1. The van der Waals surface area contributed by atoms with Crippen molar-refractivity contribution in [2.45, 2.75) is 50.7 Å². The maximum absolute atomic E-state index is 14.3. The van der Waals surface area contributed by atoms with Crippen molar-refractivity contribution < 1.29 is 58.3 Å². The number of hydrogen-bond donors (Lipinski definition) is 2. The molecule has 16 heteroatoms. The molecule has 6 nitrogen and oxygen atoms in total. The van der Waals surface area contributed by atoms with Crippen LogP contribution in [0.25, 0.3) is 0 Å². The van der Waals surface area contributed by atoms with Crippen molar-refractivity contribution >= 4 is 17.5 Å². The Morgan fingerprint density at radius 2 is 1.57 bits per heavy atom. The summed E-state index contributed by atoms with van der Waals surface area (Å²) in [4.78, 5) is 28.6. The molecule has 1 aliphatic rings. The molecule has 0 saturated heterocycles. The highest BCUT2D eigenvalue weighted by atomic mass is 19.4. The smallest absolute Gasteiger partial charge is 0.374 e. The highest BCUT2D eigenvalue weighted by Crippen LogP contribution is 2.50. The topological polar surface area (TPSA) is 79.8 Å². The molecule has 2 aromatic carbocycles. The average Bonchev–Trinajstić information content (AvgIpc) is 3.34. The summed E-state index contributed by atoms with van der Waals surface area (Å²) in [6.45, 7) is 0.501. The van der Waals surface area contributed by atoms with E-state index in [1.165, 1.54) is 18.3 Å². The molecule has 0 aliphatic carbocycles. The Balaban J connectivity index is 1.84. The summed E-state index contributed by atoms with van der Waals surface area (Å²) in [7, 11) is 0. The minimum atomic E-state index is -5.28. The van der Waals surface area contributed by atoms with Gasteiger partial charge in [-0.15, -0.1) is 0 Å². The van der Waals surface area contributed by atoms with Crippen molar-refractivity contribution in [1.29, 1.82) is 0 Å². The number of nitrogens with zero attached hydrogens (tertiary/aromatic N) is 1. The molecule has 2 N–H and O–H groups in total. The van der Waals surface area contributed by atoms with Crippen LogP contribution < -0.4 is 10.6 Å². The largest absolute Gasteiger partial charge is 0.435 e. The summed E-state index contributed by atoms with van der Waals surface area (Å²) in [5, 5.41) is 6.83. The third-order valence-corrected chi connectivity index (χ3v) is 5.87. The van der Waals surface area contributed by atoms with Crippen LogP contribution in [-0.4, -0.2) is 43.0 Å². The number of carbonyl (C=O) groups is 2. The Bertz CT molecular complexity index is 1270. The Morgan fingerprint density at radius 1 is 0.975 bits per heavy atom. The second-order valence-electron chi connectivity index (χ2n) is 8.64. The minimum absolute atomic E-state index is 0.00854. The molecule has 1 unspecified atom stereocenters. The molecule has 2 aromatic rings. The van der Waals surface area contributed by atoms with E-state index in [0.717, 1.165) is 12.1 Å². The third-order valence-electron chi connectivity index (χ3n) is 5.87. The molecule has 218 valence electrons. The van der Waals surface area contributed by atoms with Crippen molar-refractivity contribution in [3.05, 3.63) is 69.8 Å². The molecule has 2 atom stereocenters. The van der Waals surface area contributed by atoms with Gasteiger partial charge in [0, 0.05) is 28.7 Å². The molecule has 0 bridgehead atoms. The van der Waals surface area contributed by atoms with Crippen molar-refractivity contribution in [3.8, 4) is 0 Å². The number of aryl methyl sites for hydroxylation is 1. The first kappa shape index (κ1) is 30.7. The molecular formula is C24H19F10N3O3. The fraction of sp³-hybridized carbons (Fsp3) is 0.375. The Labute approximate surface area is 219 Å². The molecule has 3 rings (SSSR count). The molecule has 0 aromatic heterocycles.